The molecule has 0 amide bonds. The summed E-state index contributed by atoms with van der Waals surface area (Å²) in [6, 6.07) is 4.72. The minimum Gasteiger partial charge on any atom is -0.496 e. The SMILES string of the molecule is CNC(c1c(C)cc(C)cc1OC)C1CCOCC1. The lowest BCUT2D eigenvalue weighted by atomic mass is 9.84. The zero-order valence-electron chi connectivity index (χ0n) is 12.5. The van der Waals surface area contributed by atoms with Gasteiger partial charge in [0.2, 0.25) is 0 Å². The molecule has 1 aromatic carbocycles. The van der Waals surface area contributed by atoms with Crippen LogP contribution in [0.25, 0.3) is 0 Å². The maximum absolute atomic E-state index is 5.61. The third-order valence-electron chi connectivity index (χ3n) is 4.07. The summed E-state index contributed by atoms with van der Waals surface area (Å²) in [6.07, 6.45) is 2.23. The number of methoxy groups -OCH3 is 1. The standard InChI is InChI=1S/C16H25NO2/c1-11-9-12(2)15(14(10-11)18-4)16(17-3)13-5-7-19-8-6-13/h9-10,13,16-17H,5-8H2,1-4H3. The van der Waals surface area contributed by atoms with Crippen LogP contribution in [0, 0.1) is 19.8 Å². The summed E-state index contributed by atoms with van der Waals surface area (Å²) in [4.78, 5) is 0. The molecule has 0 aromatic heterocycles. The molecule has 106 valence electrons. The Morgan fingerprint density at radius 3 is 2.53 bits per heavy atom. The van der Waals surface area contributed by atoms with Crippen molar-refractivity contribution in [2.24, 2.45) is 5.92 Å². The molecular formula is C16H25NO2. The van der Waals surface area contributed by atoms with Crippen LogP contribution in [0.4, 0.5) is 0 Å². The first-order valence-corrected chi connectivity index (χ1v) is 7.07. The number of benzene rings is 1. The quantitative estimate of drug-likeness (QED) is 0.906. The molecule has 1 fully saturated rings. The van der Waals surface area contributed by atoms with Gasteiger partial charge in [-0.15, -0.1) is 0 Å². The van der Waals surface area contributed by atoms with E-state index in [0.717, 1.165) is 31.8 Å². The average Bonchev–Trinajstić information content (AvgIpc) is 2.42. The van der Waals surface area contributed by atoms with Crippen LogP contribution >= 0.6 is 0 Å². The number of hydrogen-bond acceptors (Lipinski definition) is 3. The van der Waals surface area contributed by atoms with E-state index in [1.165, 1.54) is 16.7 Å². The highest BCUT2D eigenvalue weighted by atomic mass is 16.5. The van der Waals surface area contributed by atoms with E-state index in [-0.39, 0.29) is 0 Å². The predicted octanol–water partition coefficient (Wildman–Crippen LogP) is 3.00. The van der Waals surface area contributed by atoms with Gasteiger partial charge in [-0.1, -0.05) is 6.07 Å². The van der Waals surface area contributed by atoms with E-state index in [9.17, 15) is 0 Å². The molecule has 1 aliphatic rings. The van der Waals surface area contributed by atoms with Gasteiger partial charge in [-0.2, -0.15) is 0 Å². The summed E-state index contributed by atoms with van der Waals surface area (Å²) >= 11 is 0. The zero-order chi connectivity index (χ0) is 13.8. The van der Waals surface area contributed by atoms with Crippen molar-refractivity contribution < 1.29 is 9.47 Å². The van der Waals surface area contributed by atoms with E-state index in [2.05, 4.69) is 31.3 Å². The van der Waals surface area contributed by atoms with Crippen LogP contribution in [0.5, 0.6) is 5.75 Å². The Balaban J connectivity index is 2.36. The number of rotatable bonds is 4. The Bertz CT molecular complexity index is 425. The van der Waals surface area contributed by atoms with E-state index in [1.54, 1.807) is 7.11 Å². The summed E-state index contributed by atoms with van der Waals surface area (Å²) in [7, 11) is 3.80. The Labute approximate surface area is 116 Å². The molecule has 3 nitrogen and oxygen atoms in total. The molecule has 2 rings (SSSR count). The second-order valence-corrected chi connectivity index (χ2v) is 5.41. The van der Waals surface area contributed by atoms with E-state index < -0.39 is 0 Å². The van der Waals surface area contributed by atoms with Crippen molar-refractivity contribution in [3.63, 3.8) is 0 Å². The van der Waals surface area contributed by atoms with Crippen LogP contribution in [0.1, 0.15) is 35.6 Å². The van der Waals surface area contributed by atoms with Gasteiger partial charge in [0, 0.05) is 24.8 Å². The van der Waals surface area contributed by atoms with E-state index in [1.807, 2.05) is 7.05 Å². The normalized spacial score (nSPS) is 18.3. The fourth-order valence-electron chi connectivity index (χ4n) is 3.17. The number of hydrogen-bond donors (Lipinski definition) is 1. The lowest BCUT2D eigenvalue weighted by molar-refractivity contribution is 0.0542. The average molecular weight is 263 g/mol. The molecule has 19 heavy (non-hydrogen) atoms. The Kier molecular flexibility index (Phi) is 4.83. The van der Waals surface area contributed by atoms with Crippen LogP contribution in [0.2, 0.25) is 0 Å². The van der Waals surface area contributed by atoms with Crippen LogP contribution in [-0.2, 0) is 4.74 Å². The molecule has 0 bridgehead atoms. The minimum absolute atomic E-state index is 0.347. The van der Waals surface area contributed by atoms with Crippen LogP contribution in [0.15, 0.2) is 12.1 Å². The summed E-state index contributed by atoms with van der Waals surface area (Å²) < 4.78 is 11.1. The molecule has 0 aliphatic carbocycles. The first kappa shape index (κ1) is 14.4. The highest BCUT2D eigenvalue weighted by Gasteiger charge is 2.27. The smallest absolute Gasteiger partial charge is 0.124 e. The maximum Gasteiger partial charge on any atom is 0.124 e. The molecule has 3 heteroatoms. The van der Waals surface area contributed by atoms with Gasteiger partial charge in [-0.25, -0.2) is 0 Å². The maximum atomic E-state index is 5.61. The molecule has 1 aliphatic heterocycles. The minimum atomic E-state index is 0.347. The van der Waals surface area contributed by atoms with Crippen LogP contribution in [0.3, 0.4) is 0 Å². The van der Waals surface area contributed by atoms with Crippen molar-refractivity contribution >= 4 is 0 Å². The third kappa shape index (κ3) is 3.10. The summed E-state index contributed by atoms with van der Waals surface area (Å²) in [5.41, 5.74) is 3.87. The summed E-state index contributed by atoms with van der Waals surface area (Å²) in [6.45, 7) is 6.03. The highest BCUT2D eigenvalue weighted by Crippen LogP contribution is 2.37. The van der Waals surface area contributed by atoms with Gasteiger partial charge in [0.15, 0.2) is 0 Å². The van der Waals surface area contributed by atoms with Gasteiger partial charge in [-0.05, 0) is 56.8 Å². The molecule has 1 unspecified atom stereocenters. The highest BCUT2D eigenvalue weighted by molar-refractivity contribution is 5.45. The van der Waals surface area contributed by atoms with Crippen molar-refractivity contribution in [1.82, 2.24) is 5.32 Å². The molecule has 0 saturated carbocycles. The second-order valence-electron chi connectivity index (χ2n) is 5.41. The first-order chi connectivity index (χ1) is 9.17. The molecule has 1 heterocycles. The van der Waals surface area contributed by atoms with Gasteiger partial charge >= 0.3 is 0 Å². The topological polar surface area (TPSA) is 30.5 Å². The molecule has 1 aromatic rings. The summed E-state index contributed by atoms with van der Waals surface area (Å²) in [5.74, 6) is 1.62. The second kappa shape index (κ2) is 6.40. The van der Waals surface area contributed by atoms with Crippen molar-refractivity contribution in [2.75, 3.05) is 27.4 Å². The zero-order valence-corrected chi connectivity index (χ0v) is 12.5. The van der Waals surface area contributed by atoms with Gasteiger partial charge in [0.25, 0.3) is 0 Å². The molecule has 0 spiro atoms. The van der Waals surface area contributed by atoms with Crippen molar-refractivity contribution in [3.8, 4) is 5.75 Å². The Morgan fingerprint density at radius 2 is 1.95 bits per heavy atom. The molecule has 1 saturated heterocycles. The lowest BCUT2D eigenvalue weighted by Gasteiger charge is -2.32. The fraction of sp³-hybridized carbons (Fsp3) is 0.625. The lowest BCUT2D eigenvalue weighted by Crippen LogP contribution is -2.30. The first-order valence-electron chi connectivity index (χ1n) is 7.07. The third-order valence-corrected chi connectivity index (χ3v) is 4.07. The van der Waals surface area contributed by atoms with Crippen LogP contribution < -0.4 is 10.1 Å². The van der Waals surface area contributed by atoms with Crippen LogP contribution in [-0.4, -0.2) is 27.4 Å². The number of nitrogens with one attached hydrogen (secondary N) is 1. The molecule has 0 radical (unpaired) electrons. The van der Waals surface area contributed by atoms with E-state index in [4.69, 9.17) is 9.47 Å². The largest absolute Gasteiger partial charge is 0.496 e. The fourth-order valence-corrected chi connectivity index (χ4v) is 3.17. The number of aryl methyl sites for hydroxylation is 2. The van der Waals surface area contributed by atoms with Crippen molar-refractivity contribution in [3.05, 3.63) is 28.8 Å². The van der Waals surface area contributed by atoms with E-state index >= 15 is 0 Å². The van der Waals surface area contributed by atoms with Gasteiger partial charge < -0.3 is 14.8 Å². The molecular weight excluding hydrogens is 238 g/mol. The number of ether oxygens (including phenoxy) is 2. The van der Waals surface area contributed by atoms with Gasteiger partial charge in [0.05, 0.1) is 7.11 Å². The van der Waals surface area contributed by atoms with Gasteiger partial charge in [0.1, 0.15) is 5.75 Å². The summed E-state index contributed by atoms with van der Waals surface area (Å²) in [5, 5.41) is 3.49. The van der Waals surface area contributed by atoms with E-state index in [0.29, 0.717) is 12.0 Å². The molecule has 1 atom stereocenters. The predicted molar refractivity (Wildman–Crippen MR) is 77.8 cm³/mol. The molecule has 1 N–H and O–H groups in total. The Morgan fingerprint density at radius 1 is 1.26 bits per heavy atom. The van der Waals surface area contributed by atoms with Crippen molar-refractivity contribution in [1.29, 1.82) is 0 Å². The Hall–Kier alpha value is -1.06. The van der Waals surface area contributed by atoms with Crippen molar-refractivity contribution in [2.45, 2.75) is 32.7 Å². The monoisotopic (exact) mass is 263 g/mol. The van der Waals surface area contributed by atoms with Gasteiger partial charge in [-0.3, -0.25) is 0 Å².